The van der Waals surface area contributed by atoms with Crippen LogP contribution in [0.2, 0.25) is 0 Å². The molecule has 23 heavy (non-hydrogen) atoms. The molecule has 1 unspecified atom stereocenters. The number of rotatable bonds is 6. The number of imidazole rings is 1. The van der Waals surface area contributed by atoms with Crippen molar-refractivity contribution in [1.29, 1.82) is 0 Å². The highest BCUT2D eigenvalue weighted by molar-refractivity contribution is 14.0. The van der Waals surface area contributed by atoms with E-state index in [1.807, 2.05) is 12.5 Å². The molecule has 0 aliphatic rings. The summed E-state index contributed by atoms with van der Waals surface area (Å²) in [6.07, 6.45) is 6.68. The molecule has 2 aromatic rings. The molecule has 1 heterocycles. The van der Waals surface area contributed by atoms with Gasteiger partial charge in [0.15, 0.2) is 5.96 Å². The van der Waals surface area contributed by atoms with Crippen LogP contribution in [0.5, 0.6) is 0 Å². The molecular weight excluding hydrogens is 401 g/mol. The Kier molecular flexibility index (Phi) is 8.68. The highest BCUT2D eigenvalue weighted by Crippen LogP contribution is 2.06. The van der Waals surface area contributed by atoms with Crippen molar-refractivity contribution in [2.75, 3.05) is 7.05 Å². The van der Waals surface area contributed by atoms with Gasteiger partial charge in [0, 0.05) is 38.6 Å². The zero-order chi connectivity index (χ0) is 15.8. The zero-order valence-corrected chi connectivity index (χ0v) is 16.3. The van der Waals surface area contributed by atoms with Crippen LogP contribution in [-0.4, -0.2) is 28.6 Å². The molecule has 1 aromatic carbocycles. The summed E-state index contributed by atoms with van der Waals surface area (Å²) < 4.78 is 2.06. The van der Waals surface area contributed by atoms with Gasteiger partial charge in [-0.1, -0.05) is 31.2 Å². The normalized spacial score (nSPS) is 12.4. The van der Waals surface area contributed by atoms with Crippen molar-refractivity contribution in [3.05, 3.63) is 54.1 Å². The van der Waals surface area contributed by atoms with Crippen molar-refractivity contribution in [2.45, 2.75) is 39.4 Å². The lowest BCUT2D eigenvalue weighted by molar-refractivity contribution is 0.624. The van der Waals surface area contributed by atoms with E-state index in [-0.39, 0.29) is 24.0 Å². The van der Waals surface area contributed by atoms with Crippen molar-refractivity contribution in [1.82, 2.24) is 20.2 Å². The van der Waals surface area contributed by atoms with E-state index in [9.17, 15) is 0 Å². The van der Waals surface area contributed by atoms with Gasteiger partial charge >= 0.3 is 0 Å². The smallest absolute Gasteiger partial charge is 0.191 e. The van der Waals surface area contributed by atoms with Gasteiger partial charge in [0.05, 0.1) is 6.33 Å². The van der Waals surface area contributed by atoms with Crippen LogP contribution in [-0.2, 0) is 13.1 Å². The zero-order valence-electron chi connectivity index (χ0n) is 14.0. The maximum Gasteiger partial charge on any atom is 0.191 e. The molecule has 0 saturated heterocycles. The van der Waals surface area contributed by atoms with Gasteiger partial charge in [-0.3, -0.25) is 4.99 Å². The third-order valence-corrected chi connectivity index (χ3v) is 3.63. The van der Waals surface area contributed by atoms with Gasteiger partial charge in [-0.25, -0.2) is 4.98 Å². The lowest BCUT2D eigenvalue weighted by Crippen LogP contribution is -2.41. The van der Waals surface area contributed by atoms with E-state index in [0.29, 0.717) is 6.04 Å². The van der Waals surface area contributed by atoms with Crippen molar-refractivity contribution in [2.24, 2.45) is 4.99 Å². The Morgan fingerprint density at radius 3 is 2.52 bits per heavy atom. The van der Waals surface area contributed by atoms with E-state index in [4.69, 9.17) is 0 Å². The Balaban J connectivity index is 0.00000264. The standard InChI is InChI=1S/C17H25N5.HI/c1-4-14(2)21-17(18-3)20-11-15-5-7-16(8-6-15)12-22-10-9-19-13-22;/h5-10,13-14H,4,11-12H2,1-3H3,(H2,18,20,21);1H. The van der Waals surface area contributed by atoms with Gasteiger partial charge in [0.2, 0.25) is 0 Å². The first-order chi connectivity index (χ1) is 10.7. The molecule has 2 rings (SSSR count). The molecule has 126 valence electrons. The minimum absolute atomic E-state index is 0. The number of aliphatic imine (C=N–C) groups is 1. The van der Waals surface area contributed by atoms with E-state index in [0.717, 1.165) is 25.5 Å². The largest absolute Gasteiger partial charge is 0.354 e. The fourth-order valence-electron chi connectivity index (χ4n) is 2.07. The van der Waals surface area contributed by atoms with E-state index in [1.54, 1.807) is 13.2 Å². The lowest BCUT2D eigenvalue weighted by Gasteiger charge is -2.16. The number of benzene rings is 1. The highest BCUT2D eigenvalue weighted by Gasteiger charge is 2.03. The van der Waals surface area contributed by atoms with E-state index in [1.165, 1.54) is 11.1 Å². The lowest BCUT2D eigenvalue weighted by atomic mass is 10.1. The Hall–Kier alpha value is -1.57. The first kappa shape index (κ1) is 19.5. The average molecular weight is 427 g/mol. The van der Waals surface area contributed by atoms with Gasteiger partial charge in [0.25, 0.3) is 0 Å². The molecular formula is C17H26IN5. The Morgan fingerprint density at radius 2 is 1.96 bits per heavy atom. The Morgan fingerprint density at radius 1 is 1.26 bits per heavy atom. The number of nitrogens with one attached hydrogen (secondary N) is 2. The molecule has 6 heteroatoms. The molecule has 0 fully saturated rings. The summed E-state index contributed by atoms with van der Waals surface area (Å²) in [6.45, 7) is 5.92. The molecule has 0 aliphatic carbocycles. The van der Waals surface area contributed by atoms with Gasteiger partial charge in [-0.2, -0.15) is 0 Å². The van der Waals surface area contributed by atoms with Crippen LogP contribution < -0.4 is 10.6 Å². The molecule has 0 bridgehead atoms. The Labute approximate surface area is 155 Å². The fraction of sp³-hybridized carbons (Fsp3) is 0.412. The van der Waals surface area contributed by atoms with E-state index >= 15 is 0 Å². The molecule has 0 amide bonds. The fourth-order valence-corrected chi connectivity index (χ4v) is 2.07. The van der Waals surface area contributed by atoms with Crippen molar-refractivity contribution in [3.8, 4) is 0 Å². The van der Waals surface area contributed by atoms with Gasteiger partial charge < -0.3 is 15.2 Å². The Bertz CT molecular complexity index is 578. The van der Waals surface area contributed by atoms with Crippen molar-refractivity contribution >= 4 is 29.9 Å². The van der Waals surface area contributed by atoms with Crippen LogP contribution in [0.25, 0.3) is 0 Å². The summed E-state index contributed by atoms with van der Waals surface area (Å²) in [5.74, 6) is 0.844. The van der Waals surface area contributed by atoms with Crippen LogP contribution in [0, 0.1) is 0 Å². The second-order valence-electron chi connectivity index (χ2n) is 5.43. The maximum atomic E-state index is 4.24. The number of aromatic nitrogens is 2. The topological polar surface area (TPSA) is 54.2 Å². The monoisotopic (exact) mass is 427 g/mol. The molecule has 5 nitrogen and oxygen atoms in total. The van der Waals surface area contributed by atoms with Crippen molar-refractivity contribution in [3.63, 3.8) is 0 Å². The minimum Gasteiger partial charge on any atom is -0.354 e. The van der Waals surface area contributed by atoms with Gasteiger partial charge in [-0.05, 0) is 24.5 Å². The summed E-state index contributed by atoms with van der Waals surface area (Å²) in [5.41, 5.74) is 2.50. The molecule has 0 spiro atoms. The van der Waals surface area contributed by atoms with Crippen LogP contribution in [0.1, 0.15) is 31.4 Å². The first-order valence-electron chi connectivity index (χ1n) is 7.72. The molecule has 1 aromatic heterocycles. The SMILES string of the molecule is CCC(C)NC(=NC)NCc1ccc(Cn2ccnc2)cc1.I. The predicted molar refractivity (Wildman–Crippen MR) is 106 cm³/mol. The third kappa shape index (κ3) is 6.60. The summed E-state index contributed by atoms with van der Waals surface area (Å²) in [5, 5.41) is 6.70. The van der Waals surface area contributed by atoms with Crippen LogP contribution in [0.3, 0.4) is 0 Å². The summed E-state index contributed by atoms with van der Waals surface area (Å²) in [4.78, 5) is 8.30. The quantitative estimate of drug-likeness (QED) is 0.424. The van der Waals surface area contributed by atoms with Crippen LogP contribution in [0.4, 0.5) is 0 Å². The molecule has 0 radical (unpaired) electrons. The number of hydrogen-bond acceptors (Lipinski definition) is 2. The average Bonchev–Trinajstić information content (AvgIpc) is 3.05. The number of hydrogen-bond donors (Lipinski definition) is 2. The van der Waals surface area contributed by atoms with Gasteiger partial charge in [-0.15, -0.1) is 24.0 Å². The summed E-state index contributed by atoms with van der Waals surface area (Å²) in [6, 6.07) is 9.03. The molecule has 0 saturated carbocycles. The highest BCUT2D eigenvalue weighted by atomic mass is 127. The molecule has 0 aliphatic heterocycles. The van der Waals surface area contributed by atoms with E-state index < -0.39 is 0 Å². The second kappa shape index (κ2) is 10.3. The second-order valence-corrected chi connectivity index (χ2v) is 5.43. The maximum absolute atomic E-state index is 4.24. The predicted octanol–water partition coefficient (Wildman–Crippen LogP) is 3.01. The van der Waals surface area contributed by atoms with Gasteiger partial charge in [0.1, 0.15) is 0 Å². The third-order valence-electron chi connectivity index (χ3n) is 3.63. The first-order valence-corrected chi connectivity index (χ1v) is 7.72. The minimum atomic E-state index is 0. The number of nitrogens with zero attached hydrogens (tertiary/aromatic N) is 3. The number of guanidine groups is 1. The van der Waals surface area contributed by atoms with Crippen molar-refractivity contribution < 1.29 is 0 Å². The number of halogens is 1. The van der Waals surface area contributed by atoms with E-state index in [2.05, 4.69) is 63.3 Å². The van der Waals surface area contributed by atoms with Crippen LogP contribution >= 0.6 is 24.0 Å². The molecule has 1 atom stereocenters. The summed E-state index contributed by atoms with van der Waals surface area (Å²) in [7, 11) is 1.80. The summed E-state index contributed by atoms with van der Waals surface area (Å²) >= 11 is 0. The van der Waals surface area contributed by atoms with Crippen LogP contribution in [0.15, 0.2) is 48.0 Å². The molecule has 2 N–H and O–H groups in total.